The van der Waals surface area contributed by atoms with Crippen molar-refractivity contribution in [2.24, 2.45) is 0 Å². The van der Waals surface area contributed by atoms with Gasteiger partial charge in [0.05, 0.1) is 0 Å². The summed E-state index contributed by atoms with van der Waals surface area (Å²) >= 11 is 0. The Labute approximate surface area is 98.6 Å². The normalized spacial score (nSPS) is 17.4. The number of esters is 1. The maximum atomic E-state index is 11.7. The predicted octanol–water partition coefficient (Wildman–Crippen LogP) is 2.73. The molecular weight excluding hydrogens is 216 g/mol. The summed E-state index contributed by atoms with van der Waals surface area (Å²) in [5, 5.41) is 0. The fraction of sp³-hybridized carbons (Fsp3) is 0.0714. The van der Waals surface area contributed by atoms with Crippen LogP contribution in [-0.4, -0.2) is 5.97 Å². The molecule has 0 bridgehead atoms. The molecule has 1 atom stereocenters. The van der Waals surface area contributed by atoms with Gasteiger partial charge in [-0.15, -0.1) is 0 Å². The third-order valence-corrected chi connectivity index (χ3v) is 2.62. The number of rotatable bonds is 2. The average Bonchev–Trinajstić information content (AvgIpc) is 2.68. The highest BCUT2D eigenvalue weighted by molar-refractivity contribution is 5.84. The van der Waals surface area contributed by atoms with E-state index < -0.39 is 6.10 Å². The van der Waals surface area contributed by atoms with Crippen LogP contribution in [0.1, 0.15) is 11.7 Å². The Balaban J connectivity index is 1.92. The first-order valence-corrected chi connectivity index (χ1v) is 5.37. The molecule has 84 valence electrons. The molecule has 2 aromatic carbocycles. The van der Waals surface area contributed by atoms with E-state index in [2.05, 4.69) is 0 Å². The molecule has 1 aliphatic heterocycles. The van der Waals surface area contributed by atoms with E-state index in [0.717, 1.165) is 5.56 Å². The molecule has 0 saturated heterocycles. The Bertz CT molecular complexity index is 548. The zero-order valence-electron chi connectivity index (χ0n) is 9.00. The first-order valence-electron chi connectivity index (χ1n) is 5.37. The number of hydrogen-bond acceptors (Lipinski definition) is 3. The van der Waals surface area contributed by atoms with Gasteiger partial charge < -0.3 is 9.47 Å². The van der Waals surface area contributed by atoms with E-state index >= 15 is 0 Å². The van der Waals surface area contributed by atoms with Gasteiger partial charge in [0.15, 0.2) is 0 Å². The number of fused-ring (bicyclic) bond motifs is 1. The second kappa shape index (κ2) is 3.94. The summed E-state index contributed by atoms with van der Waals surface area (Å²) in [7, 11) is 0. The van der Waals surface area contributed by atoms with Crippen LogP contribution in [-0.2, 0) is 4.79 Å². The van der Waals surface area contributed by atoms with Crippen molar-refractivity contribution in [2.45, 2.75) is 6.10 Å². The summed E-state index contributed by atoms with van der Waals surface area (Å²) in [4.78, 5) is 11.7. The lowest BCUT2D eigenvalue weighted by atomic mass is 10.1. The lowest BCUT2D eigenvalue weighted by Crippen LogP contribution is -2.16. The molecule has 0 N–H and O–H groups in total. The molecule has 0 saturated carbocycles. The van der Waals surface area contributed by atoms with Crippen LogP contribution >= 0.6 is 0 Å². The monoisotopic (exact) mass is 226 g/mol. The standard InChI is InChI=1S/C14H10O3/c15-14-13(16-10-6-2-1-3-7-10)11-8-4-5-9-12(11)17-14/h1-9,13H. The maximum Gasteiger partial charge on any atom is 0.357 e. The number of para-hydroxylation sites is 2. The molecule has 2 aromatic rings. The van der Waals surface area contributed by atoms with E-state index in [4.69, 9.17) is 9.47 Å². The van der Waals surface area contributed by atoms with Gasteiger partial charge in [-0.1, -0.05) is 36.4 Å². The summed E-state index contributed by atoms with van der Waals surface area (Å²) in [6.45, 7) is 0. The highest BCUT2D eigenvalue weighted by Crippen LogP contribution is 2.35. The van der Waals surface area contributed by atoms with E-state index in [0.29, 0.717) is 11.5 Å². The van der Waals surface area contributed by atoms with Crippen LogP contribution in [0, 0.1) is 0 Å². The summed E-state index contributed by atoms with van der Waals surface area (Å²) in [6, 6.07) is 16.5. The lowest BCUT2D eigenvalue weighted by Gasteiger charge is -2.10. The van der Waals surface area contributed by atoms with E-state index in [1.54, 1.807) is 6.07 Å². The molecule has 3 nitrogen and oxygen atoms in total. The summed E-state index contributed by atoms with van der Waals surface area (Å²) in [5.41, 5.74) is 0.779. The van der Waals surface area contributed by atoms with Gasteiger partial charge in [-0.2, -0.15) is 0 Å². The van der Waals surface area contributed by atoms with E-state index in [-0.39, 0.29) is 5.97 Å². The van der Waals surface area contributed by atoms with Gasteiger partial charge in [0.2, 0.25) is 6.10 Å². The van der Waals surface area contributed by atoms with Crippen LogP contribution in [0.3, 0.4) is 0 Å². The largest absolute Gasteiger partial charge is 0.474 e. The number of ether oxygens (including phenoxy) is 2. The Morgan fingerprint density at radius 1 is 0.941 bits per heavy atom. The van der Waals surface area contributed by atoms with Crippen LogP contribution < -0.4 is 9.47 Å². The molecule has 0 fully saturated rings. The molecule has 3 heteroatoms. The lowest BCUT2D eigenvalue weighted by molar-refractivity contribution is -0.139. The molecule has 17 heavy (non-hydrogen) atoms. The maximum absolute atomic E-state index is 11.7. The quantitative estimate of drug-likeness (QED) is 0.583. The van der Waals surface area contributed by atoms with Crippen molar-refractivity contribution >= 4 is 5.97 Å². The molecule has 1 aliphatic rings. The van der Waals surface area contributed by atoms with E-state index in [1.165, 1.54) is 0 Å². The van der Waals surface area contributed by atoms with Gasteiger partial charge in [0, 0.05) is 5.56 Å². The molecule has 1 unspecified atom stereocenters. The minimum Gasteiger partial charge on any atom is -0.474 e. The first-order chi connectivity index (χ1) is 8.34. The van der Waals surface area contributed by atoms with Gasteiger partial charge in [-0.05, 0) is 18.2 Å². The number of carbonyl (C=O) groups excluding carboxylic acids is 1. The van der Waals surface area contributed by atoms with E-state index in [1.807, 2.05) is 48.5 Å². The molecule has 0 aromatic heterocycles. The molecule has 0 amide bonds. The zero-order valence-corrected chi connectivity index (χ0v) is 9.00. The zero-order chi connectivity index (χ0) is 11.7. The van der Waals surface area contributed by atoms with Gasteiger partial charge in [-0.25, -0.2) is 4.79 Å². The minimum atomic E-state index is -0.659. The van der Waals surface area contributed by atoms with Crippen molar-refractivity contribution in [3.8, 4) is 11.5 Å². The summed E-state index contributed by atoms with van der Waals surface area (Å²) in [6.07, 6.45) is -0.659. The summed E-state index contributed by atoms with van der Waals surface area (Å²) in [5.74, 6) is 0.875. The minimum absolute atomic E-state index is 0.366. The predicted molar refractivity (Wildman–Crippen MR) is 61.9 cm³/mol. The molecule has 3 rings (SSSR count). The van der Waals surface area contributed by atoms with Crippen molar-refractivity contribution in [2.75, 3.05) is 0 Å². The van der Waals surface area contributed by atoms with Crippen LogP contribution in [0.2, 0.25) is 0 Å². The third kappa shape index (κ3) is 1.76. The molecule has 0 radical (unpaired) electrons. The van der Waals surface area contributed by atoms with Gasteiger partial charge in [-0.3, -0.25) is 0 Å². The summed E-state index contributed by atoms with van der Waals surface area (Å²) < 4.78 is 10.8. The van der Waals surface area contributed by atoms with Crippen molar-refractivity contribution in [3.63, 3.8) is 0 Å². The second-order valence-electron chi connectivity index (χ2n) is 3.77. The van der Waals surface area contributed by atoms with Gasteiger partial charge >= 0.3 is 5.97 Å². The Kier molecular flexibility index (Phi) is 2.29. The molecule has 0 aliphatic carbocycles. The van der Waals surface area contributed by atoms with Gasteiger partial charge in [0.1, 0.15) is 11.5 Å². The fourth-order valence-electron chi connectivity index (χ4n) is 1.83. The van der Waals surface area contributed by atoms with Gasteiger partial charge in [0.25, 0.3) is 0 Å². The van der Waals surface area contributed by atoms with E-state index in [9.17, 15) is 4.79 Å². The van der Waals surface area contributed by atoms with Crippen LogP contribution in [0.25, 0.3) is 0 Å². The van der Waals surface area contributed by atoms with Crippen molar-refractivity contribution < 1.29 is 14.3 Å². The number of carbonyl (C=O) groups is 1. The third-order valence-electron chi connectivity index (χ3n) is 2.62. The Hall–Kier alpha value is -2.29. The van der Waals surface area contributed by atoms with Crippen molar-refractivity contribution in [1.82, 2.24) is 0 Å². The highest BCUT2D eigenvalue weighted by Gasteiger charge is 2.34. The molecule has 0 spiro atoms. The van der Waals surface area contributed by atoms with Crippen LogP contribution in [0.5, 0.6) is 11.5 Å². The smallest absolute Gasteiger partial charge is 0.357 e. The highest BCUT2D eigenvalue weighted by atomic mass is 16.6. The number of hydrogen-bond donors (Lipinski definition) is 0. The van der Waals surface area contributed by atoms with Crippen LogP contribution in [0.4, 0.5) is 0 Å². The Morgan fingerprint density at radius 3 is 2.47 bits per heavy atom. The van der Waals surface area contributed by atoms with Crippen molar-refractivity contribution in [3.05, 3.63) is 60.2 Å². The average molecular weight is 226 g/mol. The Morgan fingerprint density at radius 2 is 1.65 bits per heavy atom. The number of benzene rings is 2. The molecular formula is C14H10O3. The molecule has 1 heterocycles. The fourth-order valence-corrected chi connectivity index (χ4v) is 1.83. The second-order valence-corrected chi connectivity index (χ2v) is 3.77. The SMILES string of the molecule is O=C1Oc2ccccc2C1Oc1ccccc1. The first kappa shape index (κ1) is 9.90. The van der Waals surface area contributed by atoms with Crippen molar-refractivity contribution in [1.29, 1.82) is 0 Å². The van der Waals surface area contributed by atoms with Crippen LogP contribution in [0.15, 0.2) is 54.6 Å². The topological polar surface area (TPSA) is 35.5 Å².